The third-order valence-electron chi connectivity index (χ3n) is 5.44. The Balaban J connectivity index is 1.65. The van der Waals surface area contributed by atoms with Crippen LogP contribution in [0.2, 0.25) is 0 Å². The molecule has 0 radical (unpaired) electrons. The van der Waals surface area contributed by atoms with Gasteiger partial charge < -0.3 is 25.2 Å². The van der Waals surface area contributed by atoms with Gasteiger partial charge in [-0.15, -0.1) is 0 Å². The molecule has 2 aromatic rings. The summed E-state index contributed by atoms with van der Waals surface area (Å²) in [6.45, 7) is 7.19. The lowest BCUT2D eigenvalue weighted by atomic mass is 10.1. The van der Waals surface area contributed by atoms with E-state index in [1.165, 1.54) is 0 Å². The van der Waals surface area contributed by atoms with Crippen molar-refractivity contribution in [1.29, 1.82) is 0 Å². The number of amides is 4. The number of hydrogen-bond acceptors (Lipinski definition) is 5. The Hall–Kier alpha value is -3.88. The van der Waals surface area contributed by atoms with Crippen LogP contribution in [0.25, 0.3) is 0 Å². The molecule has 1 aliphatic rings. The molecule has 1 aliphatic heterocycles. The fourth-order valence-corrected chi connectivity index (χ4v) is 3.44. The summed E-state index contributed by atoms with van der Waals surface area (Å²) in [4.78, 5) is 52.9. The minimum Gasteiger partial charge on any atom is -0.450 e. The number of nitrogens with one attached hydrogen (secondary N) is 2. The number of piperazine rings is 1. The molecule has 0 aliphatic carbocycles. The highest BCUT2D eigenvalue weighted by Gasteiger charge is 2.27. The fraction of sp³-hybridized carbons (Fsp3) is 0.360. The van der Waals surface area contributed by atoms with Gasteiger partial charge in [0.05, 0.1) is 17.9 Å². The molecule has 9 nitrogen and oxygen atoms in total. The summed E-state index contributed by atoms with van der Waals surface area (Å²) in [5, 5.41) is 5.59. The predicted octanol–water partition coefficient (Wildman–Crippen LogP) is 3.45. The average Bonchev–Trinajstić information content (AvgIpc) is 2.84. The van der Waals surface area contributed by atoms with Crippen LogP contribution in [-0.4, -0.2) is 66.4 Å². The number of nitrogens with zero attached hydrogens (tertiary/aromatic N) is 2. The van der Waals surface area contributed by atoms with Crippen molar-refractivity contribution in [3.8, 4) is 0 Å². The Morgan fingerprint density at radius 2 is 1.50 bits per heavy atom. The van der Waals surface area contributed by atoms with Gasteiger partial charge in [-0.1, -0.05) is 26.0 Å². The molecular formula is C25H30N4O5. The lowest BCUT2D eigenvalue weighted by molar-refractivity contribution is -0.118. The minimum absolute atomic E-state index is 0.104. The van der Waals surface area contributed by atoms with E-state index in [2.05, 4.69) is 10.6 Å². The van der Waals surface area contributed by atoms with E-state index in [-0.39, 0.29) is 29.7 Å². The number of ether oxygens (including phenoxy) is 1. The van der Waals surface area contributed by atoms with Crippen molar-refractivity contribution in [1.82, 2.24) is 9.80 Å². The number of carbonyl (C=O) groups excluding carboxylic acids is 4. The maximum Gasteiger partial charge on any atom is 0.409 e. The SMILES string of the molecule is CCOC(=O)N1CCN(C(=O)c2ccccc2NC(=O)c2ccc(NC(=O)C(C)C)cc2)CC1. The van der Waals surface area contributed by atoms with E-state index in [1.54, 1.807) is 79.1 Å². The van der Waals surface area contributed by atoms with Crippen LogP contribution in [0.1, 0.15) is 41.5 Å². The highest BCUT2D eigenvalue weighted by atomic mass is 16.6. The van der Waals surface area contributed by atoms with Crippen LogP contribution in [0.3, 0.4) is 0 Å². The Kier molecular flexibility index (Phi) is 8.24. The van der Waals surface area contributed by atoms with Gasteiger partial charge in [-0.25, -0.2) is 4.79 Å². The first-order valence-corrected chi connectivity index (χ1v) is 11.3. The molecule has 0 bridgehead atoms. The summed E-state index contributed by atoms with van der Waals surface area (Å²) in [7, 11) is 0. The zero-order chi connectivity index (χ0) is 24.7. The molecule has 1 fully saturated rings. The largest absolute Gasteiger partial charge is 0.450 e. The van der Waals surface area contributed by atoms with E-state index in [0.29, 0.717) is 55.3 Å². The van der Waals surface area contributed by atoms with E-state index >= 15 is 0 Å². The standard InChI is InChI=1S/C25H30N4O5/c1-4-34-25(33)29-15-13-28(14-16-29)24(32)20-7-5-6-8-21(20)27-23(31)18-9-11-19(12-10-18)26-22(30)17(2)3/h5-12,17H,4,13-16H2,1-3H3,(H,26,30)(H,27,31). The number of benzene rings is 2. The quantitative estimate of drug-likeness (QED) is 0.678. The monoisotopic (exact) mass is 466 g/mol. The minimum atomic E-state index is -0.378. The summed E-state index contributed by atoms with van der Waals surface area (Å²) in [6, 6.07) is 13.4. The first-order valence-electron chi connectivity index (χ1n) is 11.3. The second-order valence-electron chi connectivity index (χ2n) is 8.20. The molecule has 0 spiro atoms. The lowest BCUT2D eigenvalue weighted by Crippen LogP contribution is -2.50. The van der Waals surface area contributed by atoms with Crippen LogP contribution in [0.4, 0.5) is 16.2 Å². The summed E-state index contributed by atoms with van der Waals surface area (Å²) in [5.41, 5.74) is 1.78. The zero-order valence-corrected chi connectivity index (χ0v) is 19.7. The molecule has 2 aromatic carbocycles. The highest BCUT2D eigenvalue weighted by molar-refractivity contribution is 6.09. The van der Waals surface area contributed by atoms with E-state index in [0.717, 1.165) is 0 Å². The van der Waals surface area contributed by atoms with Gasteiger partial charge in [0.25, 0.3) is 11.8 Å². The van der Waals surface area contributed by atoms with Crippen molar-refractivity contribution < 1.29 is 23.9 Å². The zero-order valence-electron chi connectivity index (χ0n) is 19.7. The van der Waals surface area contributed by atoms with E-state index in [9.17, 15) is 19.2 Å². The van der Waals surface area contributed by atoms with Gasteiger partial charge in [-0.05, 0) is 43.3 Å². The molecule has 2 N–H and O–H groups in total. The van der Waals surface area contributed by atoms with Gasteiger partial charge in [0.1, 0.15) is 0 Å². The molecular weight excluding hydrogens is 436 g/mol. The van der Waals surface area contributed by atoms with Crippen molar-refractivity contribution in [2.24, 2.45) is 5.92 Å². The van der Waals surface area contributed by atoms with Crippen LogP contribution < -0.4 is 10.6 Å². The Morgan fingerprint density at radius 1 is 0.882 bits per heavy atom. The normalized spacial score (nSPS) is 13.4. The Labute approximate surface area is 199 Å². The van der Waals surface area contributed by atoms with Gasteiger partial charge in [-0.3, -0.25) is 14.4 Å². The van der Waals surface area contributed by atoms with Crippen LogP contribution in [-0.2, 0) is 9.53 Å². The van der Waals surface area contributed by atoms with Crippen LogP contribution in [0.5, 0.6) is 0 Å². The number of anilines is 2. The molecule has 4 amide bonds. The molecule has 1 saturated heterocycles. The maximum atomic E-state index is 13.1. The van der Waals surface area contributed by atoms with E-state index in [4.69, 9.17) is 4.74 Å². The van der Waals surface area contributed by atoms with Gasteiger partial charge in [0.15, 0.2) is 0 Å². The lowest BCUT2D eigenvalue weighted by Gasteiger charge is -2.34. The number of rotatable bonds is 6. The average molecular weight is 467 g/mol. The molecule has 3 rings (SSSR count). The first-order chi connectivity index (χ1) is 16.3. The number of carbonyl (C=O) groups is 4. The smallest absolute Gasteiger partial charge is 0.409 e. The second-order valence-corrected chi connectivity index (χ2v) is 8.20. The molecule has 0 saturated carbocycles. The topological polar surface area (TPSA) is 108 Å². The second kappa shape index (κ2) is 11.3. The number of para-hydroxylation sites is 1. The molecule has 0 aromatic heterocycles. The Bertz CT molecular complexity index is 1040. The van der Waals surface area contributed by atoms with E-state index in [1.807, 2.05) is 0 Å². The van der Waals surface area contributed by atoms with Crippen molar-refractivity contribution in [3.05, 3.63) is 59.7 Å². The third-order valence-corrected chi connectivity index (χ3v) is 5.44. The predicted molar refractivity (Wildman–Crippen MR) is 129 cm³/mol. The molecule has 0 unspecified atom stereocenters. The summed E-state index contributed by atoms with van der Waals surface area (Å²) >= 11 is 0. The maximum absolute atomic E-state index is 13.1. The fourth-order valence-electron chi connectivity index (χ4n) is 3.44. The van der Waals surface area contributed by atoms with Gasteiger partial charge >= 0.3 is 6.09 Å². The van der Waals surface area contributed by atoms with Gasteiger partial charge in [0.2, 0.25) is 5.91 Å². The Morgan fingerprint density at radius 3 is 2.12 bits per heavy atom. The molecule has 9 heteroatoms. The summed E-state index contributed by atoms with van der Waals surface area (Å²) in [5.74, 6) is -0.835. The highest BCUT2D eigenvalue weighted by Crippen LogP contribution is 2.20. The van der Waals surface area contributed by atoms with Crippen molar-refractivity contribution in [2.75, 3.05) is 43.4 Å². The number of hydrogen-bond donors (Lipinski definition) is 2. The van der Waals surface area contributed by atoms with Crippen molar-refractivity contribution in [2.45, 2.75) is 20.8 Å². The molecule has 1 heterocycles. The molecule has 180 valence electrons. The third kappa shape index (κ3) is 6.12. The molecule has 34 heavy (non-hydrogen) atoms. The summed E-state index contributed by atoms with van der Waals surface area (Å²) in [6.07, 6.45) is -0.378. The van der Waals surface area contributed by atoms with Crippen molar-refractivity contribution >= 4 is 35.2 Å². The van der Waals surface area contributed by atoms with E-state index < -0.39 is 0 Å². The van der Waals surface area contributed by atoms with Gasteiger partial charge in [0, 0.05) is 43.3 Å². The van der Waals surface area contributed by atoms with Crippen LogP contribution in [0.15, 0.2) is 48.5 Å². The van der Waals surface area contributed by atoms with Crippen LogP contribution in [0, 0.1) is 5.92 Å². The molecule has 0 atom stereocenters. The first kappa shape index (κ1) is 24.8. The van der Waals surface area contributed by atoms with Crippen LogP contribution >= 0.6 is 0 Å². The summed E-state index contributed by atoms with van der Waals surface area (Å²) < 4.78 is 5.02. The van der Waals surface area contributed by atoms with Crippen molar-refractivity contribution in [3.63, 3.8) is 0 Å². The van der Waals surface area contributed by atoms with Gasteiger partial charge in [-0.2, -0.15) is 0 Å².